The molecule has 2 aromatic carbocycles. The highest BCUT2D eigenvalue weighted by Gasteiger charge is 2.02. The van der Waals surface area contributed by atoms with Crippen LogP contribution in [0.3, 0.4) is 0 Å². The smallest absolute Gasteiger partial charge is 0.307 e. The maximum Gasteiger partial charge on any atom is 0.307 e. The van der Waals surface area contributed by atoms with E-state index in [0.717, 1.165) is 11.1 Å². The highest BCUT2D eigenvalue weighted by molar-refractivity contribution is 5.71. The third-order valence-corrected chi connectivity index (χ3v) is 3.15. The number of rotatable bonds is 3. The lowest BCUT2D eigenvalue weighted by molar-refractivity contribution is -0.136. The summed E-state index contributed by atoms with van der Waals surface area (Å²) in [4.78, 5) is 10.6. The number of benzene rings is 2. The molecule has 0 aromatic heterocycles. The predicted molar refractivity (Wildman–Crippen MR) is 72.7 cm³/mol. The van der Waals surface area contributed by atoms with Crippen LogP contribution >= 0.6 is 0 Å². The van der Waals surface area contributed by atoms with Crippen LogP contribution < -0.4 is 0 Å². The quantitative estimate of drug-likeness (QED) is 0.890. The lowest BCUT2D eigenvalue weighted by Gasteiger charge is -2.06. The van der Waals surface area contributed by atoms with E-state index in [1.807, 2.05) is 24.3 Å². The van der Waals surface area contributed by atoms with Gasteiger partial charge in [-0.2, -0.15) is 0 Å². The SMILES string of the molecule is Cc1ccc(-c2ccc(CC(=O)O)cc2)cc1C. The van der Waals surface area contributed by atoms with Gasteiger partial charge in [-0.15, -0.1) is 0 Å². The zero-order valence-electron chi connectivity index (χ0n) is 10.6. The zero-order valence-corrected chi connectivity index (χ0v) is 10.6. The van der Waals surface area contributed by atoms with Crippen LogP contribution in [0.1, 0.15) is 16.7 Å². The van der Waals surface area contributed by atoms with Crippen molar-refractivity contribution in [1.82, 2.24) is 0 Å². The van der Waals surface area contributed by atoms with Crippen LogP contribution in [-0.2, 0) is 11.2 Å². The number of hydrogen-bond donors (Lipinski definition) is 1. The van der Waals surface area contributed by atoms with Gasteiger partial charge >= 0.3 is 5.97 Å². The molecule has 2 aromatic rings. The molecule has 0 saturated carbocycles. The van der Waals surface area contributed by atoms with Gasteiger partial charge in [0.2, 0.25) is 0 Å². The fourth-order valence-corrected chi connectivity index (χ4v) is 1.91. The molecule has 0 heterocycles. The van der Waals surface area contributed by atoms with E-state index in [4.69, 9.17) is 5.11 Å². The average molecular weight is 240 g/mol. The minimum absolute atomic E-state index is 0.0766. The molecule has 2 rings (SSSR count). The van der Waals surface area contributed by atoms with Crippen LogP contribution in [0.15, 0.2) is 42.5 Å². The average Bonchev–Trinajstić information content (AvgIpc) is 2.33. The van der Waals surface area contributed by atoms with Crippen molar-refractivity contribution in [2.24, 2.45) is 0 Å². The molecular formula is C16H16O2. The Morgan fingerprint density at radius 2 is 1.56 bits per heavy atom. The van der Waals surface area contributed by atoms with Crippen LogP contribution in [0.4, 0.5) is 0 Å². The van der Waals surface area contributed by atoms with Crippen molar-refractivity contribution in [3.8, 4) is 11.1 Å². The minimum Gasteiger partial charge on any atom is -0.481 e. The van der Waals surface area contributed by atoms with E-state index in [0.29, 0.717) is 0 Å². The Morgan fingerprint density at radius 1 is 0.944 bits per heavy atom. The molecule has 0 aliphatic heterocycles. The molecule has 0 amide bonds. The molecular weight excluding hydrogens is 224 g/mol. The highest BCUT2D eigenvalue weighted by atomic mass is 16.4. The zero-order chi connectivity index (χ0) is 13.1. The van der Waals surface area contributed by atoms with Gasteiger partial charge < -0.3 is 5.11 Å². The van der Waals surface area contributed by atoms with Crippen LogP contribution in [0.2, 0.25) is 0 Å². The lowest BCUT2D eigenvalue weighted by Crippen LogP contribution is -1.99. The molecule has 0 aliphatic rings. The molecule has 2 nitrogen and oxygen atoms in total. The first kappa shape index (κ1) is 12.4. The van der Waals surface area contributed by atoms with E-state index in [2.05, 4.69) is 32.0 Å². The van der Waals surface area contributed by atoms with Crippen LogP contribution in [0.5, 0.6) is 0 Å². The van der Waals surface area contributed by atoms with Crippen molar-refractivity contribution >= 4 is 5.97 Å². The van der Waals surface area contributed by atoms with Crippen molar-refractivity contribution in [2.45, 2.75) is 20.3 Å². The third kappa shape index (κ3) is 2.77. The molecule has 0 spiro atoms. The number of carboxylic acids is 1. The molecule has 0 radical (unpaired) electrons. The second kappa shape index (κ2) is 5.05. The maximum atomic E-state index is 10.6. The number of aryl methyl sites for hydroxylation is 2. The molecule has 18 heavy (non-hydrogen) atoms. The number of carbonyl (C=O) groups is 1. The topological polar surface area (TPSA) is 37.3 Å². The number of carboxylic acid groups (broad SMARTS) is 1. The summed E-state index contributed by atoms with van der Waals surface area (Å²) in [5.74, 6) is -0.797. The highest BCUT2D eigenvalue weighted by Crippen LogP contribution is 2.22. The monoisotopic (exact) mass is 240 g/mol. The maximum absolute atomic E-state index is 10.6. The molecule has 0 atom stereocenters. The van der Waals surface area contributed by atoms with E-state index < -0.39 is 5.97 Å². The second-order valence-electron chi connectivity index (χ2n) is 4.57. The fraction of sp³-hybridized carbons (Fsp3) is 0.188. The Bertz CT molecular complexity index is 568. The van der Waals surface area contributed by atoms with Gasteiger partial charge in [-0.3, -0.25) is 4.79 Å². The molecule has 92 valence electrons. The van der Waals surface area contributed by atoms with Gasteiger partial charge in [-0.25, -0.2) is 0 Å². The first-order valence-electron chi connectivity index (χ1n) is 5.94. The molecule has 2 heteroatoms. The van der Waals surface area contributed by atoms with E-state index in [9.17, 15) is 4.79 Å². The molecule has 0 fully saturated rings. The lowest BCUT2D eigenvalue weighted by atomic mass is 9.99. The summed E-state index contributed by atoms with van der Waals surface area (Å²) in [6.45, 7) is 4.19. The third-order valence-electron chi connectivity index (χ3n) is 3.15. The summed E-state index contributed by atoms with van der Waals surface area (Å²) < 4.78 is 0. The molecule has 0 saturated heterocycles. The summed E-state index contributed by atoms with van der Waals surface area (Å²) in [5.41, 5.74) is 5.66. The largest absolute Gasteiger partial charge is 0.481 e. The Morgan fingerprint density at radius 3 is 2.11 bits per heavy atom. The predicted octanol–water partition coefficient (Wildman–Crippen LogP) is 3.60. The van der Waals surface area contributed by atoms with Gasteiger partial charge in [0, 0.05) is 0 Å². The van der Waals surface area contributed by atoms with Gasteiger partial charge in [0.25, 0.3) is 0 Å². The summed E-state index contributed by atoms with van der Waals surface area (Å²) in [7, 11) is 0. The molecule has 0 bridgehead atoms. The second-order valence-corrected chi connectivity index (χ2v) is 4.57. The van der Waals surface area contributed by atoms with Gasteiger partial charge in [0.1, 0.15) is 0 Å². The molecule has 0 unspecified atom stereocenters. The standard InChI is InChI=1S/C16H16O2/c1-11-3-6-15(9-12(11)2)14-7-4-13(5-8-14)10-16(17)18/h3-9H,10H2,1-2H3,(H,17,18). The summed E-state index contributed by atoms with van der Waals surface area (Å²) >= 11 is 0. The van der Waals surface area contributed by atoms with E-state index in [-0.39, 0.29) is 6.42 Å². The van der Waals surface area contributed by atoms with Gasteiger partial charge in [0.05, 0.1) is 6.42 Å². The fourth-order valence-electron chi connectivity index (χ4n) is 1.91. The first-order chi connectivity index (χ1) is 8.56. The van der Waals surface area contributed by atoms with E-state index in [1.165, 1.54) is 16.7 Å². The van der Waals surface area contributed by atoms with Gasteiger partial charge in [-0.1, -0.05) is 42.5 Å². The minimum atomic E-state index is -0.797. The van der Waals surface area contributed by atoms with Crippen LogP contribution in [-0.4, -0.2) is 11.1 Å². The number of aliphatic carboxylic acids is 1. The Kier molecular flexibility index (Phi) is 3.47. The summed E-state index contributed by atoms with van der Waals surface area (Å²) in [6.07, 6.45) is 0.0766. The van der Waals surface area contributed by atoms with E-state index in [1.54, 1.807) is 0 Å². The van der Waals surface area contributed by atoms with Crippen molar-refractivity contribution in [3.05, 3.63) is 59.2 Å². The van der Waals surface area contributed by atoms with Gasteiger partial charge in [-0.05, 0) is 41.7 Å². The number of hydrogen-bond acceptors (Lipinski definition) is 1. The van der Waals surface area contributed by atoms with Crippen molar-refractivity contribution < 1.29 is 9.90 Å². The molecule has 1 N–H and O–H groups in total. The molecule has 0 aliphatic carbocycles. The van der Waals surface area contributed by atoms with Crippen molar-refractivity contribution in [3.63, 3.8) is 0 Å². The summed E-state index contributed by atoms with van der Waals surface area (Å²) in [6, 6.07) is 14.0. The van der Waals surface area contributed by atoms with Crippen molar-refractivity contribution in [1.29, 1.82) is 0 Å². The van der Waals surface area contributed by atoms with Gasteiger partial charge in [0.15, 0.2) is 0 Å². The Hall–Kier alpha value is -2.09. The Balaban J connectivity index is 2.28. The van der Waals surface area contributed by atoms with Crippen molar-refractivity contribution in [2.75, 3.05) is 0 Å². The summed E-state index contributed by atoms with van der Waals surface area (Å²) in [5, 5.41) is 8.72. The Labute approximate surface area is 107 Å². The van der Waals surface area contributed by atoms with E-state index >= 15 is 0 Å². The first-order valence-corrected chi connectivity index (χ1v) is 5.94. The van der Waals surface area contributed by atoms with Crippen LogP contribution in [0, 0.1) is 13.8 Å². The normalized spacial score (nSPS) is 10.3. The van der Waals surface area contributed by atoms with Crippen LogP contribution in [0.25, 0.3) is 11.1 Å².